The summed E-state index contributed by atoms with van der Waals surface area (Å²) in [5.74, 6) is -0.0385. The maximum atomic E-state index is 11.1. The van der Waals surface area contributed by atoms with E-state index < -0.39 is 0 Å². The average Bonchev–Trinajstić information content (AvgIpc) is 2.28. The molecular weight excluding hydrogens is 218 g/mol. The van der Waals surface area contributed by atoms with Crippen LogP contribution in [0, 0.1) is 0 Å². The van der Waals surface area contributed by atoms with Crippen LogP contribution in [0.25, 0.3) is 10.8 Å². The lowest BCUT2D eigenvalue weighted by atomic mass is 10.1. The molecule has 1 N–H and O–H groups in total. The van der Waals surface area contributed by atoms with Gasteiger partial charge in [0.15, 0.2) is 0 Å². The first-order valence-corrected chi connectivity index (χ1v) is 6.28. The molecule has 2 rings (SSSR count). The van der Waals surface area contributed by atoms with E-state index in [9.17, 15) is 4.79 Å². The second-order valence-corrected chi connectivity index (χ2v) is 4.39. The van der Waals surface area contributed by atoms with E-state index in [1.165, 1.54) is 11.8 Å². The van der Waals surface area contributed by atoms with Crippen molar-refractivity contribution in [3.63, 3.8) is 0 Å². The number of nitrogens with one attached hydrogen (secondary N) is 1. The van der Waals surface area contributed by atoms with Crippen LogP contribution in [0.15, 0.2) is 41.3 Å². The molecule has 0 spiro atoms. The summed E-state index contributed by atoms with van der Waals surface area (Å²) >= 11 is 1.69. The maximum Gasteiger partial charge on any atom is 0.221 e. The van der Waals surface area contributed by atoms with E-state index in [4.69, 9.17) is 0 Å². The quantitative estimate of drug-likeness (QED) is 0.801. The van der Waals surface area contributed by atoms with Gasteiger partial charge < -0.3 is 5.32 Å². The summed E-state index contributed by atoms with van der Waals surface area (Å²) in [6, 6.07) is 12.1. The molecule has 82 valence electrons. The van der Waals surface area contributed by atoms with Crippen molar-refractivity contribution in [2.75, 3.05) is 11.6 Å². The molecule has 16 heavy (non-hydrogen) atoms. The summed E-state index contributed by atoms with van der Waals surface area (Å²) < 4.78 is 0. The van der Waals surface area contributed by atoms with Crippen molar-refractivity contribution in [1.82, 2.24) is 0 Å². The number of carbonyl (C=O) groups is 1. The van der Waals surface area contributed by atoms with E-state index >= 15 is 0 Å². The number of thioether (sulfide) groups is 1. The van der Waals surface area contributed by atoms with E-state index in [1.807, 2.05) is 24.5 Å². The Kier molecular flexibility index (Phi) is 3.15. The van der Waals surface area contributed by atoms with Gasteiger partial charge in [-0.05, 0) is 23.8 Å². The lowest BCUT2D eigenvalue weighted by Gasteiger charge is -2.10. The molecule has 0 saturated carbocycles. The van der Waals surface area contributed by atoms with Crippen molar-refractivity contribution in [1.29, 1.82) is 0 Å². The van der Waals surface area contributed by atoms with E-state index in [-0.39, 0.29) is 5.91 Å². The minimum absolute atomic E-state index is 0.0385. The van der Waals surface area contributed by atoms with Gasteiger partial charge in [-0.2, -0.15) is 0 Å². The monoisotopic (exact) mass is 231 g/mol. The molecule has 0 aliphatic carbocycles. The zero-order valence-electron chi connectivity index (χ0n) is 9.28. The van der Waals surface area contributed by atoms with Crippen molar-refractivity contribution < 1.29 is 4.79 Å². The number of anilines is 1. The molecule has 1 amide bonds. The second kappa shape index (κ2) is 4.58. The van der Waals surface area contributed by atoms with Crippen LogP contribution in [0.5, 0.6) is 0 Å². The van der Waals surface area contributed by atoms with E-state index in [1.54, 1.807) is 11.8 Å². The standard InChI is InChI=1S/C13H13NOS/c1-9(15)14-11-7-3-5-10-6-4-8-12(16-2)13(10)11/h3-8H,1-2H3,(H,14,15). The summed E-state index contributed by atoms with van der Waals surface area (Å²) in [5.41, 5.74) is 0.884. The predicted molar refractivity (Wildman–Crippen MR) is 70.0 cm³/mol. The zero-order chi connectivity index (χ0) is 11.5. The zero-order valence-corrected chi connectivity index (χ0v) is 10.1. The maximum absolute atomic E-state index is 11.1. The summed E-state index contributed by atoms with van der Waals surface area (Å²) in [7, 11) is 0. The molecule has 0 radical (unpaired) electrons. The molecule has 0 aliphatic heterocycles. The highest BCUT2D eigenvalue weighted by Gasteiger charge is 2.06. The molecule has 0 bridgehead atoms. The van der Waals surface area contributed by atoms with Crippen molar-refractivity contribution in [2.24, 2.45) is 0 Å². The first-order valence-electron chi connectivity index (χ1n) is 5.05. The van der Waals surface area contributed by atoms with Crippen LogP contribution in [-0.4, -0.2) is 12.2 Å². The van der Waals surface area contributed by atoms with E-state index in [0.29, 0.717) is 0 Å². The lowest BCUT2D eigenvalue weighted by Crippen LogP contribution is -2.06. The summed E-state index contributed by atoms with van der Waals surface area (Å²) in [6.45, 7) is 1.53. The third-order valence-corrected chi connectivity index (χ3v) is 3.18. The number of amides is 1. The highest BCUT2D eigenvalue weighted by molar-refractivity contribution is 7.98. The highest BCUT2D eigenvalue weighted by atomic mass is 32.2. The van der Waals surface area contributed by atoms with Gasteiger partial charge in [0.25, 0.3) is 0 Å². The molecule has 2 nitrogen and oxygen atoms in total. The van der Waals surface area contributed by atoms with Gasteiger partial charge in [-0.1, -0.05) is 24.3 Å². The van der Waals surface area contributed by atoms with E-state index in [2.05, 4.69) is 23.5 Å². The SMILES string of the molecule is CSc1cccc2cccc(NC(C)=O)c12. The third-order valence-electron chi connectivity index (χ3n) is 2.40. The fourth-order valence-electron chi connectivity index (χ4n) is 1.77. The van der Waals surface area contributed by atoms with E-state index in [0.717, 1.165) is 16.5 Å². The molecule has 0 fully saturated rings. The van der Waals surface area contributed by atoms with Gasteiger partial charge in [0.05, 0.1) is 0 Å². The van der Waals surface area contributed by atoms with Crippen LogP contribution in [-0.2, 0) is 4.79 Å². The number of fused-ring (bicyclic) bond motifs is 1. The van der Waals surface area contributed by atoms with Gasteiger partial charge in [0.1, 0.15) is 0 Å². The fraction of sp³-hybridized carbons (Fsp3) is 0.154. The Morgan fingerprint density at radius 2 is 1.88 bits per heavy atom. The molecule has 0 saturated heterocycles. The summed E-state index contributed by atoms with van der Waals surface area (Å²) in [4.78, 5) is 12.3. The molecule has 0 heterocycles. The molecule has 0 aliphatic rings. The van der Waals surface area contributed by atoms with Crippen LogP contribution < -0.4 is 5.32 Å². The van der Waals surface area contributed by atoms with Gasteiger partial charge >= 0.3 is 0 Å². The van der Waals surface area contributed by atoms with Crippen molar-refractivity contribution in [3.8, 4) is 0 Å². The number of benzene rings is 2. The Morgan fingerprint density at radius 3 is 2.50 bits per heavy atom. The van der Waals surface area contributed by atoms with Crippen molar-refractivity contribution >= 4 is 34.1 Å². The normalized spacial score (nSPS) is 10.4. The number of carbonyl (C=O) groups excluding carboxylic acids is 1. The topological polar surface area (TPSA) is 29.1 Å². The van der Waals surface area contributed by atoms with Crippen LogP contribution >= 0.6 is 11.8 Å². The first kappa shape index (κ1) is 11.0. The lowest BCUT2D eigenvalue weighted by molar-refractivity contribution is -0.114. The first-order chi connectivity index (χ1) is 7.72. The van der Waals surface area contributed by atoms with Gasteiger partial charge in [-0.25, -0.2) is 0 Å². The van der Waals surface area contributed by atoms with Gasteiger partial charge in [-0.15, -0.1) is 11.8 Å². The van der Waals surface area contributed by atoms with Crippen LogP contribution in [0.2, 0.25) is 0 Å². The third kappa shape index (κ3) is 2.04. The number of rotatable bonds is 2. The van der Waals surface area contributed by atoms with Crippen LogP contribution in [0.1, 0.15) is 6.92 Å². The predicted octanol–water partition coefficient (Wildman–Crippen LogP) is 3.52. The smallest absolute Gasteiger partial charge is 0.221 e. The Morgan fingerprint density at radius 1 is 1.19 bits per heavy atom. The van der Waals surface area contributed by atoms with Gasteiger partial charge in [0, 0.05) is 22.9 Å². The largest absolute Gasteiger partial charge is 0.326 e. The number of hydrogen-bond acceptors (Lipinski definition) is 2. The molecule has 0 aromatic heterocycles. The van der Waals surface area contributed by atoms with Gasteiger partial charge in [0.2, 0.25) is 5.91 Å². The molecule has 3 heteroatoms. The summed E-state index contributed by atoms with van der Waals surface area (Å²) in [6.07, 6.45) is 2.04. The van der Waals surface area contributed by atoms with Crippen molar-refractivity contribution in [2.45, 2.75) is 11.8 Å². The fourth-order valence-corrected chi connectivity index (χ4v) is 2.42. The summed E-state index contributed by atoms with van der Waals surface area (Å²) in [5, 5.41) is 5.14. The molecule has 0 atom stereocenters. The highest BCUT2D eigenvalue weighted by Crippen LogP contribution is 2.32. The number of hydrogen-bond donors (Lipinski definition) is 1. The minimum atomic E-state index is -0.0385. The Balaban J connectivity index is 2.68. The minimum Gasteiger partial charge on any atom is -0.326 e. The Labute approximate surface area is 99.0 Å². The Hall–Kier alpha value is -1.48. The molecule has 0 unspecified atom stereocenters. The van der Waals surface area contributed by atoms with Gasteiger partial charge in [-0.3, -0.25) is 4.79 Å². The molecular formula is C13H13NOS. The van der Waals surface area contributed by atoms with Crippen molar-refractivity contribution in [3.05, 3.63) is 36.4 Å². The molecule has 2 aromatic carbocycles. The Bertz CT molecular complexity index is 531. The van der Waals surface area contributed by atoms with Crippen LogP contribution in [0.4, 0.5) is 5.69 Å². The second-order valence-electron chi connectivity index (χ2n) is 3.55. The molecule has 2 aromatic rings. The van der Waals surface area contributed by atoms with Crippen LogP contribution in [0.3, 0.4) is 0 Å². The average molecular weight is 231 g/mol.